The summed E-state index contributed by atoms with van der Waals surface area (Å²) in [6.45, 7) is 0.707. The van der Waals surface area contributed by atoms with Crippen LogP contribution in [0, 0.1) is 5.82 Å². The van der Waals surface area contributed by atoms with Crippen molar-refractivity contribution in [3.63, 3.8) is 0 Å². The van der Waals surface area contributed by atoms with Crippen molar-refractivity contribution in [2.24, 2.45) is 0 Å². The number of nitrogen functional groups attached to an aromatic ring is 1. The molecule has 0 aliphatic rings. The highest BCUT2D eigenvalue weighted by Gasteiger charge is 2.08. The summed E-state index contributed by atoms with van der Waals surface area (Å²) in [4.78, 5) is 3.08. The Kier molecular flexibility index (Phi) is 3.10. The molecule has 0 saturated carbocycles. The molecule has 2 aromatic rings. The molecule has 0 radical (unpaired) electrons. The number of rotatable bonds is 3. The molecular weight excluding hydrogens is 223 g/mol. The molecular formula is C12H13FN2S. The van der Waals surface area contributed by atoms with Gasteiger partial charge in [-0.05, 0) is 29.6 Å². The van der Waals surface area contributed by atoms with Crippen LogP contribution in [0.25, 0.3) is 0 Å². The largest absolute Gasteiger partial charge is 0.399 e. The highest BCUT2D eigenvalue weighted by atomic mass is 32.1. The molecule has 0 fully saturated rings. The van der Waals surface area contributed by atoms with Gasteiger partial charge in [0, 0.05) is 17.6 Å². The zero-order valence-corrected chi connectivity index (χ0v) is 9.80. The third kappa shape index (κ3) is 2.33. The van der Waals surface area contributed by atoms with Crippen molar-refractivity contribution in [1.29, 1.82) is 0 Å². The van der Waals surface area contributed by atoms with Crippen molar-refractivity contribution >= 4 is 22.7 Å². The molecule has 0 bridgehead atoms. The van der Waals surface area contributed by atoms with Gasteiger partial charge in [0.1, 0.15) is 5.82 Å². The normalized spacial score (nSPS) is 10.4. The highest BCUT2D eigenvalue weighted by molar-refractivity contribution is 7.09. The molecule has 1 aromatic heterocycles. The number of anilines is 2. The van der Waals surface area contributed by atoms with Crippen LogP contribution < -0.4 is 10.6 Å². The number of nitrogens with zero attached hydrogens (tertiary/aromatic N) is 1. The predicted octanol–water partition coefficient (Wildman–Crippen LogP) is 3.11. The number of hydrogen-bond donors (Lipinski definition) is 1. The molecule has 16 heavy (non-hydrogen) atoms. The van der Waals surface area contributed by atoms with E-state index in [0.717, 1.165) is 0 Å². The monoisotopic (exact) mass is 236 g/mol. The quantitative estimate of drug-likeness (QED) is 0.830. The van der Waals surface area contributed by atoms with Crippen molar-refractivity contribution in [2.75, 3.05) is 17.7 Å². The van der Waals surface area contributed by atoms with Crippen LogP contribution in [0.15, 0.2) is 35.7 Å². The van der Waals surface area contributed by atoms with Gasteiger partial charge < -0.3 is 10.6 Å². The third-order valence-corrected chi connectivity index (χ3v) is 3.22. The lowest BCUT2D eigenvalue weighted by atomic mass is 10.2. The van der Waals surface area contributed by atoms with E-state index in [1.807, 2.05) is 29.5 Å². The van der Waals surface area contributed by atoms with Crippen molar-refractivity contribution < 1.29 is 4.39 Å². The van der Waals surface area contributed by atoms with Gasteiger partial charge in [0.25, 0.3) is 0 Å². The smallest absolute Gasteiger partial charge is 0.148 e. The minimum Gasteiger partial charge on any atom is -0.399 e. The van der Waals surface area contributed by atoms with Crippen LogP contribution in [0.5, 0.6) is 0 Å². The van der Waals surface area contributed by atoms with Crippen molar-refractivity contribution in [3.8, 4) is 0 Å². The maximum absolute atomic E-state index is 13.6. The molecule has 0 unspecified atom stereocenters. The number of benzene rings is 1. The van der Waals surface area contributed by atoms with E-state index in [2.05, 4.69) is 0 Å². The molecule has 0 aliphatic carbocycles. The van der Waals surface area contributed by atoms with Gasteiger partial charge in [0.2, 0.25) is 0 Å². The molecule has 0 aliphatic heterocycles. The fraction of sp³-hybridized carbons (Fsp3) is 0.167. The van der Waals surface area contributed by atoms with Crippen LogP contribution >= 0.6 is 11.3 Å². The van der Waals surface area contributed by atoms with E-state index in [9.17, 15) is 4.39 Å². The van der Waals surface area contributed by atoms with Crippen LogP contribution in [-0.4, -0.2) is 7.05 Å². The van der Waals surface area contributed by atoms with Crippen LogP contribution in [-0.2, 0) is 6.54 Å². The minimum atomic E-state index is -0.279. The van der Waals surface area contributed by atoms with E-state index in [1.165, 1.54) is 10.9 Å². The lowest BCUT2D eigenvalue weighted by Crippen LogP contribution is -2.17. The summed E-state index contributed by atoms with van der Waals surface area (Å²) in [5.41, 5.74) is 6.53. The highest BCUT2D eigenvalue weighted by Crippen LogP contribution is 2.23. The molecule has 0 amide bonds. The molecule has 1 heterocycles. The Morgan fingerprint density at radius 2 is 2.19 bits per heavy atom. The summed E-state index contributed by atoms with van der Waals surface area (Å²) in [5, 5.41) is 2.02. The van der Waals surface area contributed by atoms with Crippen molar-refractivity contribution in [3.05, 3.63) is 46.4 Å². The number of hydrogen-bond acceptors (Lipinski definition) is 3. The van der Waals surface area contributed by atoms with Crippen LogP contribution in [0.1, 0.15) is 4.88 Å². The lowest BCUT2D eigenvalue weighted by molar-refractivity contribution is 0.623. The fourth-order valence-electron chi connectivity index (χ4n) is 1.55. The maximum Gasteiger partial charge on any atom is 0.148 e. The number of thiophene rings is 1. The zero-order valence-electron chi connectivity index (χ0n) is 8.98. The molecule has 0 saturated heterocycles. The van der Waals surface area contributed by atoms with E-state index >= 15 is 0 Å². The van der Waals surface area contributed by atoms with Gasteiger partial charge in [0.05, 0.1) is 12.2 Å². The van der Waals surface area contributed by atoms with Gasteiger partial charge >= 0.3 is 0 Å². The molecule has 84 valence electrons. The van der Waals surface area contributed by atoms with Crippen molar-refractivity contribution in [1.82, 2.24) is 0 Å². The number of halogens is 1. The van der Waals surface area contributed by atoms with Gasteiger partial charge in [-0.3, -0.25) is 0 Å². The van der Waals surface area contributed by atoms with Gasteiger partial charge in [-0.2, -0.15) is 0 Å². The summed E-state index contributed by atoms with van der Waals surface area (Å²) in [7, 11) is 1.87. The van der Waals surface area contributed by atoms with E-state index in [-0.39, 0.29) is 5.82 Å². The molecule has 1 aromatic carbocycles. The minimum absolute atomic E-state index is 0.279. The third-order valence-electron chi connectivity index (χ3n) is 2.36. The Bertz CT molecular complexity index is 468. The van der Waals surface area contributed by atoms with Crippen LogP contribution in [0.3, 0.4) is 0 Å². The van der Waals surface area contributed by atoms with E-state index in [1.54, 1.807) is 23.5 Å². The van der Waals surface area contributed by atoms with E-state index in [0.29, 0.717) is 17.9 Å². The second kappa shape index (κ2) is 4.53. The predicted molar refractivity (Wildman–Crippen MR) is 67.2 cm³/mol. The summed E-state index contributed by atoms with van der Waals surface area (Å²) < 4.78 is 13.6. The second-order valence-electron chi connectivity index (χ2n) is 3.65. The van der Waals surface area contributed by atoms with Crippen LogP contribution in [0.4, 0.5) is 15.8 Å². The standard InChI is InChI=1S/C12H13FN2S/c1-15(8-10-3-2-6-16-10)12-5-4-9(14)7-11(12)13/h2-7H,8,14H2,1H3. The molecule has 4 heteroatoms. The summed E-state index contributed by atoms with van der Waals surface area (Å²) in [5.74, 6) is -0.279. The average Bonchev–Trinajstić information content (AvgIpc) is 2.70. The maximum atomic E-state index is 13.6. The molecule has 0 atom stereocenters. The van der Waals surface area contributed by atoms with Gasteiger partial charge in [-0.25, -0.2) is 4.39 Å². The first-order valence-electron chi connectivity index (χ1n) is 4.95. The second-order valence-corrected chi connectivity index (χ2v) is 4.68. The summed E-state index contributed by atoms with van der Waals surface area (Å²) in [6, 6.07) is 8.80. The van der Waals surface area contributed by atoms with Crippen molar-refractivity contribution in [2.45, 2.75) is 6.54 Å². The Hall–Kier alpha value is -1.55. The Morgan fingerprint density at radius 1 is 1.38 bits per heavy atom. The Balaban J connectivity index is 2.17. The van der Waals surface area contributed by atoms with Gasteiger partial charge in [-0.1, -0.05) is 6.07 Å². The number of nitrogens with two attached hydrogens (primary N) is 1. The summed E-state index contributed by atoms with van der Waals surface area (Å²) in [6.07, 6.45) is 0. The van der Waals surface area contributed by atoms with Gasteiger partial charge in [-0.15, -0.1) is 11.3 Å². The Morgan fingerprint density at radius 3 is 2.81 bits per heavy atom. The summed E-state index contributed by atoms with van der Waals surface area (Å²) >= 11 is 1.67. The van der Waals surface area contributed by atoms with Gasteiger partial charge in [0.15, 0.2) is 0 Å². The van der Waals surface area contributed by atoms with Crippen LogP contribution in [0.2, 0.25) is 0 Å². The molecule has 0 spiro atoms. The van der Waals surface area contributed by atoms with E-state index < -0.39 is 0 Å². The molecule has 2 nitrogen and oxygen atoms in total. The Labute approximate surface area is 98.1 Å². The lowest BCUT2D eigenvalue weighted by Gasteiger charge is -2.19. The fourth-order valence-corrected chi connectivity index (χ4v) is 2.31. The molecule has 2 N–H and O–H groups in total. The first-order valence-corrected chi connectivity index (χ1v) is 5.83. The first-order chi connectivity index (χ1) is 7.66. The first kappa shape index (κ1) is 11.0. The SMILES string of the molecule is CN(Cc1cccs1)c1ccc(N)cc1F. The van der Waals surface area contributed by atoms with E-state index in [4.69, 9.17) is 5.73 Å². The zero-order chi connectivity index (χ0) is 11.5. The topological polar surface area (TPSA) is 29.3 Å². The molecule has 2 rings (SSSR count). The average molecular weight is 236 g/mol.